The summed E-state index contributed by atoms with van der Waals surface area (Å²) in [6.45, 7) is 6.24. The summed E-state index contributed by atoms with van der Waals surface area (Å²) >= 11 is 8.20. The van der Waals surface area contributed by atoms with Crippen LogP contribution in [0.3, 0.4) is 0 Å². The van der Waals surface area contributed by atoms with E-state index in [9.17, 15) is 8.42 Å². The fourth-order valence-electron chi connectivity index (χ4n) is 2.82. The van der Waals surface area contributed by atoms with Crippen LogP contribution >= 0.6 is 22.9 Å². The van der Waals surface area contributed by atoms with Gasteiger partial charge in [-0.3, -0.25) is 4.72 Å². The number of halogens is 1. The molecule has 3 heterocycles. The van der Waals surface area contributed by atoms with E-state index in [2.05, 4.69) is 35.5 Å². The number of sulfonamides is 1. The molecule has 10 heteroatoms. The number of furan rings is 1. The molecule has 0 fully saturated rings. The molecule has 0 spiro atoms. The highest BCUT2D eigenvalue weighted by molar-refractivity contribution is 7.92. The summed E-state index contributed by atoms with van der Waals surface area (Å²) < 4.78 is 32.7. The van der Waals surface area contributed by atoms with E-state index >= 15 is 0 Å². The minimum atomic E-state index is -3.84. The van der Waals surface area contributed by atoms with Crippen molar-refractivity contribution >= 4 is 38.6 Å². The molecular formula is C21H19ClN4O3S2. The first-order chi connectivity index (χ1) is 14.7. The van der Waals surface area contributed by atoms with Crippen molar-refractivity contribution in [1.29, 1.82) is 0 Å². The first kappa shape index (κ1) is 21.5. The average Bonchev–Trinajstić information content (AvgIpc) is 3.40. The van der Waals surface area contributed by atoms with Crippen LogP contribution in [-0.2, 0) is 15.4 Å². The lowest BCUT2D eigenvalue weighted by atomic mass is 9.98. The van der Waals surface area contributed by atoms with Gasteiger partial charge in [0, 0.05) is 17.2 Å². The molecule has 0 aliphatic rings. The van der Waals surface area contributed by atoms with Gasteiger partial charge in [0.2, 0.25) is 0 Å². The Balaban J connectivity index is 1.84. The van der Waals surface area contributed by atoms with Crippen molar-refractivity contribution < 1.29 is 12.8 Å². The number of nitrogens with zero attached hydrogens (tertiary/aromatic N) is 3. The Morgan fingerprint density at radius 3 is 2.61 bits per heavy atom. The third kappa shape index (κ3) is 4.34. The van der Waals surface area contributed by atoms with E-state index in [0.29, 0.717) is 11.3 Å². The molecule has 4 rings (SSSR count). The number of anilines is 1. The van der Waals surface area contributed by atoms with Crippen molar-refractivity contribution in [3.8, 4) is 21.8 Å². The normalized spacial score (nSPS) is 12.1. The second-order valence-corrected chi connectivity index (χ2v) is 10.8. The number of thiazole rings is 1. The summed E-state index contributed by atoms with van der Waals surface area (Å²) in [5.74, 6) is 0. The van der Waals surface area contributed by atoms with Crippen molar-refractivity contribution in [3.05, 3.63) is 65.4 Å². The van der Waals surface area contributed by atoms with Gasteiger partial charge in [-0.15, -0.1) is 11.3 Å². The zero-order chi connectivity index (χ0) is 22.2. The van der Waals surface area contributed by atoms with Gasteiger partial charge in [-0.05, 0) is 18.2 Å². The van der Waals surface area contributed by atoms with Crippen LogP contribution in [0.25, 0.3) is 21.8 Å². The number of hydrogen-bond donors (Lipinski definition) is 1. The minimum absolute atomic E-state index is 0.0133. The molecule has 0 saturated carbocycles. The Morgan fingerprint density at radius 1 is 1.16 bits per heavy atom. The maximum atomic E-state index is 12.6. The summed E-state index contributed by atoms with van der Waals surface area (Å²) in [5, 5.41) is 1.16. The van der Waals surface area contributed by atoms with Crippen LogP contribution in [0.1, 0.15) is 25.8 Å². The fraction of sp³-hybridized carbons (Fsp3) is 0.190. The number of nitrogens with one attached hydrogen (secondary N) is 1. The molecule has 0 bridgehead atoms. The molecule has 1 N–H and O–H groups in total. The van der Waals surface area contributed by atoms with Crippen LogP contribution in [0, 0.1) is 0 Å². The van der Waals surface area contributed by atoms with E-state index in [-0.39, 0.29) is 21.0 Å². The van der Waals surface area contributed by atoms with E-state index in [4.69, 9.17) is 21.0 Å². The lowest BCUT2D eigenvalue weighted by molar-refractivity contribution is 0.557. The van der Waals surface area contributed by atoms with Gasteiger partial charge in [-0.2, -0.15) is 0 Å². The van der Waals surface area contributed by atoms with Crippen molar-refractivity contribution in [2.75, 3.05) is 4.72 Å². The van der Waals surface area contributed by atoms with Crippen LogP contribution < -0.4 is 4.72 Å². The van der Waals surface area contributed by atoms with Crippen LogP contribution in [0.2, 0.25) is 5.02 Å². The summed E-state index contributed by atoms with van der Waals surface area (Å²) in [7, 11) is -3.84. The van der Waals surface area contributed by atoms with Crippen LogP contribution in [0.15, 0.2) is 64.7 Å². The van der Waals surface area contributed by atoms with Crippen molar-refractivity contribution in [1.82, 2.24) is 15.0 Å². The maximum Gasteiger partial charge on any atom is 0.265 e. The van der Waals surface area contributed by atoms with E-state index in [1.165, 1.54) is 30.0 Å². The molecule has 3 aromatic heterocycles. The first-order valence-electron chi connectivity index (χ1n) is 9.28. The van der Waals surface area contributed by atoms with Crippen molar-refractivity contribution in [2.24, 2.45) is 0 Å². The van der Waals surface area contributed by atoms with E-state index < -0.39 is 10.0 Å². The van der Waals surface area contributed by atoms with E-state index in [0.717, 1.165) is 21.8 Å². The number of aromatic nitrogens is 3. The molecule has 0 unspecified atom stereocenters. The van der Waals surface area contributed by atoms with Crippen LogP contribution in [-0.4, -0.2) is 23.4 Å². The van der Waals surface area contributed by atoms with Gasteiger partial charge in [0.15, 0.2) is 0 Å². The second-order valence-electron chi connectivity index (χ2n) is 7.77. The lowest BCUT2D eigenvalue weighted by Crippen LogP contribution is -2.12. The van der Waals surface area contributed by atoms with Crippen molar-refractivity contribution in [3.63, 3.8) is 0 Å². The molecule has 1 aromatic carbocycles. The zero-order valence-electron chi connectivity index (χ0n) is 17.0. The molecule has 0 amide bonds. The predicted octanol–water partition coefficient (Wildman–Crippen LogP) is 5.61. The molecule has 31 heavy (non-hydrogen) atoms. The fourth-order valence-corrected chi connectivity index (χ4v) is 5.25. The van der Waals surface area contributed by atoms with E-state index in [1.54, 1.807) is 18.3 Å². The smallest absolute Gasteiger partial charge is 0.265 e. The third-order valence-electron chi connectivity index (χ3n) is 4.39. The van der Waals surface area contributed by atoms with Gasteiger partial charge < -0.3 is 4.42 Å². The van der Waals surface area contributed by atoms with E-state index in [1.807, 2.05) is 12.1 Å². The number of hydrogen-bond acceptors (Lipinski definition) is 7. The second kappa shape index (κ2) is 8.07. The van der Waals surface area contributed by atoms with Crippen molar-refractivity contribution in [2.45, 2.75) is 31.1 Å². The summed E-state index contributed by atoms with van der Waals surface area (Å²) in [6.07, 6.45) is 5.60. The molecule has 0 atom stereocenters. The third-order valence-corrected chi connectivity index (χ3v) is 7.64. The van der Waals surface area contributed by atoms with Gasteiger partial charge in [0.05, 0.1) is 38.2 Å². The molecule has 160 valence electrons. The Bertz CT molecular complexity index is 1310. The summed E-state index contributed by atoms with van der Waals surface area (Å²) in [5.41, 5.74) is 2.03. The molecule has 0 aliphatic heterocycles. The molecule has 7 nitrogen and oxygen atoms in total. The predicted molar refractivity (Wildman–Crippen MR) is 122 cm³/mol. The summed E-state index contributed by atoms with van der Waals surface area (Å²) in [6, 6.07) is 8.31. The molecule has 0 saturated heterocycles. The Morgan fingerprint density at radius 2 is 1.97 bits per heavy atom. The topological polar surface area (TPSA) is 98.0 Å². The first-order valence-corrected chi connectivity index (χ1v) is 12.0. The van der Waals surface area contributed by atoms with Crippen LogP contribution in [0.5, 0.6) is 0 Å². The minimum Gasteiger partial charge on any atom is -0.471 e. The highest BCUT2D eigenvalue weighted by Crippen LogP contribution is 2.43. The Hall–Kier alpha value is -2.75. The number of rotatable bonds is 5. The standard InChI is InChI=1S/C21H19ClN4O3S2/c1-21(2,3)20-25-18(19(30-20)16-7-9-23-12-24-16)14-5-4-6-15(17(14)22)26-31(27,28)13-8-10-29-11-13/h4-12,26H,1-3H3. The molecule has 4 aromatic rings. The van der Waals surface area contributed by atoms with Gasteiger partial charge in [0.1, 0.15) is 17.5 Å². The van der Waals surface area contributed by atoms with Gasteiger partial charge in [-0.25, -0.2) is 23.4 Å². The largest absolute Gasteiger partial charge is 0.471 e. The van der Waals surface area contributed by atoms with Gasteiger partial charge >= 0.3 is 0 Å². The van der Waals surface area contributed by atoms with Crippen LogP contribution in [0.4, 0.5) is 5.69 Å². The van der Waals surface area contributed by atoms with Gasteiger partial charge in [0.25, 0.3) is 10.0 Å². The quantitative estimate of drug-likeness (QED) is 0.403. The molecule has 0 aliphatic carbocycles. The Labute approximate surface area is 189 Å². The van der Waals surface area contributed by atoms with Gasteiger partial charge in [-0.1, -0.05) is 44.5 Å². The highest BCUT2D eigenvalue weighted by Gasteiger charge is 2.26. The summed E-state index contributed by atoms with van der Waals surface area (Å²) in [4.78, 5) is 14.1. The SMILES string of the molecule is CC(C)(C)c1nc(-c2cccc(NS(=O)(=O)c3ccoc3)c2Cl)c(-c2ccncn2)s1. The lowest BCUT2D eigenvalue weighted by Gasteiger charge is -2.14. The average molecular weight is 475 g/mol. The monoisotopic (exact) mass is 474 g/mol. The molecule has 0 radical (unpaired) electrons. The highest BCUT2D eigenvalue weighted by atomic mass is 35.5. The zero-order valence-corrected chi connectivity index (χ0v) is 19.3. The Kier molecular flexibility index (Phi) is 5.59. The molecular weight excluding hydrogens is 456 g/mol. The number of benzene rings is 1. The maximum absolute atomic E-state index is 12.6.